The SMILES string of the molecule is CO[C@H]1CCN(CC(C)(C)C)C1=O. The molecule has 1 aliphatic rings. The monoisotopic (exact) mass is 185 g/mol. The first kappa shape index (κ1) is 10.5. The fourth-order valence-electron chi connectivity index (χ4n) is 1.66. The van der Waals surface area contributed by atoms with Gasteiger partial charge in [-0.1, -0.05) is 20.8 Å². The molecule has 0 unspecified atom stereocenters. The van der Waals surface area contributed by atoms with E-state index in [9.17, 15) is 4.79 Å². The molecule has 13 heavy (non-hydrogen) atoms. The molecule has 1 heterocycles. The molecule has 1 aliphatic heterocycles. The molecule has 0 saturated carbocycles. The molecule has 0 bridgehead atoms. The van der Waals surface area contributed by atoms with E-state index in [1.54, 1.807) is 7.11 Å². The van der Waals surface area contributed by atoms with Gasteiger partial charge in [-0.25, -0.2) is 0 Å². The molecule has 1 fully saturated rings. The predicted octanol–water partition coefficient (Wildman–Crippen LogP) is 1.28. The van der Waals surface area contributed by atoms with Crippen LogP contribution in [-0.4, -0.2) is 37.1 Å². The van der Waals surface area contributed by atoms with Gasteiger partial charge >= 0.3 is 0 Å². The van der Waals surface area contributed by atoms with E-state index in [1.165, 1.54) is 0 Å². The minimum atomic E-state index is -0.192. The Balaban J connectivity index is 2.51. The van der Waals surface area contributed by atoms with E-state index in [4.69, 9.17) is 4.74 Å². The van der Waals surface area contributed by atoms with Crippen LogP contribution in [0.15, 0.2) is 0 Å². The minimum Gasteiger partial charge on any atom is -0.372 e. The summed E-state index contributed by atoms with van der Waals surface area (Å²) in [6, 6.07) is 0. The van der Waals surface area contributed by atoms with Crippen molar-refractivity contribution in [3.8, 4) is 0 Å². The Bertz CT molecular complexity index is 196. The normalized spacial score (nSPS) is 24.2. The van der Waals surface area contributed by atoms with Crippen molar-refractivity contribution >= 4 is 5.91 Å². The van der Waals surface area contributed by atoms with Gasteiger partial charge in [0.05, 0.1) is 0 Å². The second-order valence-electron chi connectivity index (χ2n) is 4.83. The summed E-state index contributed by atoms with van der Waals surface area (Å²) < 4.78 is 5.08. The van der Waals surface area contributed by atoms with Crippen LogP contribution >= 0.6 is 0 Å². The van der Waals surface area contributed by atoms with Crippen molar-refractivity contribution in [2.45, 2.75) is 33.3 Å². The average Bonchev–Trinajstić information content (AvgIpc) is 2.30. The fraction of sp³-hybridized carbons (Fsp3) is 0.900. The number of rotatable bonds is 2. The lowest BCUT2D eigenvalue weighted by molar-refractivity contribution is -0.136. The minimum absolute atomic E-state index is 0.150. The summed E-state index contributed by atoms with van der Waals surface area (Å²) in [5, 5.41) is 0. The van der Waals surface area contributed by atoms with E-state index in [0.717, 1.165) is 19.5 Å². The van der Waals surface area contributed by atoms with E-state index >= 15 is 0 Å². The number of nitrogens with zero attached hydrogens (tertiary/aromatic N) is 1. The number of amides is 1. The number of hydrogen-bond donors (Lipinski definition) is 0. The average molecular weight is 185 g/mol. The molecule has 1 amide bonds. The zero-order chi connectivity index (χ0) is 10.1. The second kappa shape index (κ2) is 3.66. The lowest BCUT2D eigenvalue weighted by Crippen LogP contribution is -2.36. The van der Waals surface area contributed by atoms with Gasteiger partial charge in [-0.2, -0.15) is 0 Å². The van der Waals surface area contributed by atoms with Crippen molar-refractivity contribution in [1.29, 1.82) is 0 Å². The van der Waals surface area contributed by atoms with Gasteiger partial charge in [0.15, 0.2) is 0 Å². The number of ether oxygens (including phenoxy) is 1. The van der Waals surface area contributed by atoms with Crippen LogP contribution in [0.3, 0.4) is 0 Å². The summed E-state index contributed by atoms with van der Waals surface area (Å²) in [6.45, 7) is 8.08. The van der Waals surface area contributed by atoms with Crippen molar-refractivity contribution in [1.82, 2.24) is 4.90 Å². The van der Waals surface area contributed by atoms with E-state index in [-0.39, 0.29) is 17.4 Å². The van der Waals surface area contributed by atoms with Crippen molar-refractivity contribution in [2.75, 3.05) is 20.2 Å². The van der Waals surface area contributed by atoms with Crippen LogP contribution in [0.5, 0.6) is 0 Å². The molecule has 0 spiro atoms. The molecule has 0 aliphatic carbocycles. The van der Waals surface area contributed by atoms with E-state index in [1.807, 2.05) is 4.90 Å². The maximum atomic E-state index is 11.6. The Morgan fingerprint density at radius 3 is 2.54 bits per heavy atom. The van der Waals surface area contributed by atoms with Crippen LogP contribution in [0.2, 0.25) is 0 Å². The zero-order valence-electron chi connectivity index (χ0n) is 8.96. The zero-order valence-corrected chi connectivity index (χ0v) is 8.96. The highest BCUT2D eigenvalue weighted by Gasteiger charge is 2.33. The van der Waals surface area contributed by atoms with Crippen LogP contribution in [0.25, 0.3) is 0 Å². The molecule has 3 heteroatoms. The van der Waals surface area contributed by atoms with Crippen molar-refractivity contribution in [3.63, 3.8) is 0 Å². The molecule has 76 valence electrons. The summed E-state index contributed by atoms with van der Waals surface area (Å²) in [5.41, 5.74) is 0.179. The molecule has 1 atom stereocenters. The molecular formula is C10H19NO2. The van der Waals surface area contributed by atoms with Crippen LogP contribution < -0.4 is 0 Å². The van der Waals surface area contributed by atoms with Crippen LogP contribution in [0.4, 0.5) is 0 Å². The van der Waals surface area contributed by atoms with Gasteiger partial charge in [-0.05, 0) is 5.41 Å². The van der Waals surface area contributed by atoms with E-state index < -0.39 is 0 Å². The van der Waals surface area contributed by atoms with Crippen molar-refractivity contribution < 1.29 is 9.53 Å². The largest absolute Gasteiger partial charge is 0.372 e. The van der Waals surface area contributed by atoms with Crippen molar-refractivity contribution in [3.05, 3.63) is 0 Å². The number of hydrogen-bond acceptors (Lipinski definition) is 2. The molecule has 1 rings (SSSR count). The molecule has 0 aromatic carbocycles. The van der Waals surface area contributed by atoms with Gasteiger partial charge in [-0.3, -0.25) is 4.79 Å². The molecule has 0 N–H and O–H groups in total. The number of likely N-dealkylation sites (tertiary alicyclic amines) is 1. The molecular weight excluding hydrogens is 166 g/mol. The molecule has 0 aromatic heterocycles. The Kier molecular flexibility index (Phi) is 2.96. The third-order valence-electron chi connectivity index (χ3n) is 2.20. The summed E-state index contributed by atoms with van der Waals surface area (Å²) >= 11 is 0. The molecule has 1 saturated heterocycles. The Morgan fingerprint density at radius 2 is 2.15 bits per heavy atom. The maximum absolute atomic E-state index is 11.6. The summed E-state index contributed by atoms with van der Waals surface area (Å²) in [5.74, 6) is 0.150. The predicted molar refractivity (Wildman–Crippen MR) is 51.4 cm³/mol. The highest BCUT2D eigenvalue weighted by Crippen LogP contribution is 2.21. The summed E-state index contributed by atoms with van der Waals surface area (Å²) in [4.78, 5) is 13.5. The topological polar surface area (TPSA) is 29.5 Å². The Labute approximate surface area is 80.1 Å². The second-order valence-corrected chi connectivity index (χ2v) is 4.83. The molecule has 0 aromatic rings. The third kappa shape index (κ3) is 2.69. The lowest BCUT2D eigenvalue weighted by Gasteiger charge is -2.26. The Morgan fingerprint density at radius 1 is 1.54 bits per heavy atom. The van der Waals surface area contributed by atoms with Gasteiger partial charge in [-0.15, -0.1) is 0 Å². The van der Waals surface area contributed by atoms with Crippen LogP contribution in [-0.2, 0) is 9.53 Å². The first-order valence-corrected chi connectivity index (χ1v) is 4.75. The van der Waals surface area contributed by atoms with Gasteiger partial charge in [0.1, 0.15) is 6.10 Å². The molecule has 3 nitrogen and oxygen atoms in total. The smallest absolute Gasteiger partial charge is 0.251 e. The van der Waals surface area contributed by atoms with Crippen LogP contribution in [0, 0.1) is 5.41 Å². The van der Waals surface area contributed by atoms with E-state index in [0.29, 0.717) is 0 Å². The van der Waals surface area contributed by atoms with Crippen LogP contribution in [0.1, 0.15) is 27.2 Å². The number of carbonyl (C=O) groups excluding carboxylic acids is 1. The maximum Gasteiger partial charge on any atom is 0.251 e. The number of carbonyl (C=O) groups is 1. The Hall–Kier alpha value is -0.570. The van der Waals surface area contributed by atoms with Gasteiger partial charge in [0, 0.05) is 26.6 Å². The lowest BCUT2D eigenvalue weighted by atomic mass is 9.96. The summed E-state index contributed by atoms with van der Waals surface area (Å²) in [7, 11) is 1.60. The quantitative estimate of drug-likeness (QED) is 0.648. The standard InChI is InChI=1S/C10H19NO2/c1-10(2,3)7-11-6-5-8(13-4)9(11)12/h8H,5-7H2,1-4H3/t8-/m0/s1. The molecule has 0 radical (unpaired) electrons. The fourth-order valence-corrected chi connectivity index (χ4v) is 1.66. The third-order valence-corrected chi connectivity index (χ3v) is 2.20. The first-order chi connectivity index (χ1) is 5.94. The van der Waals surface area contributed by atoms with Crippen molar-refractivity contribution in [2.24, 2.45) is 5.41 Å². The highest BCUT2D eigenvalue weighted by atomic mass is 16.5. The van der Waals surface area contributed by atoms with Gasteiger partial charge in [0.2, 0.25) is 0 Å². The van der Waals surface area contributed by atoms with Gasteiger partial charge in [0.25, 0.3) is 5.91 Å². The van der Waals surface area contributed by atoms with Gasteiger partial charge < -0.3 is 9.64 Å². The van der Waals surface area contributed by atoms with E-state index in [2.05, 4.69) is 20.8 Å². The first-order valence-electron chi connectivity index (χ1n) is 4.75. The summed E-state index contributed by atoms with van der Waals surface area (Å²) in [6.07, 6.45) is 0.646. The highest BCUT2D eigenvalue weighted by molar-refractivity contribution is 5.83. The number of methoxy groups -OCH3 is 1.